The molecule has 0 aliphatic carbocycles. The average Bonchev–Trinajstić information content (AvgIpc) is 3.45. The van der Waals surface area contributed by atoms with Crippen LogP contribution < -0.4 is 9.64 Å². The van der Waals surface area contributed by atoms with Crippen LogP contribution in [0.25, 0.3) is 33.7 Å². The van der Waals surface area contributed by atoms with Crippen molar-refractivity contribution < 1.29 is 28.5 Å². The summed E-state index contributed by atoms with van der Waals surface area (Å²) in [7, 11) is 3.32. The number of anilines is 1. The Morgan fingerprint density at radius 1 is 1.08 bits per heavy atom. The Labute approximate surface area is 299 Å². The summed E-state index contributed by atoms with van der Waals surface area (Å²) < 4.78 is 33.9. The lowest BCUT2D eigenvalue weighted by Crippen LogP contribution is -2.51. The van der Waals surface area contributed by atoms with Gasteiger partial charge in [-0.2, -0.15) is 0 Å². The largest absolute Gasteiger partial charge is 0.490 e. The molecular weight excluding hydrogens is 651 g/mol. The van der Waals surface area contributed by atoms with Crippen LogP contribution in [0.3, 0.4) is 0 Å². The number of methoxy groups -OCH3 is 1. The number of piperazine rings is 1. The van der Waals surface area contributed by atoms with Gasteiger partial charge in [0.25, 0.3) is 0 Å². The van der Waals surface area contributed by atoms with E-state index in [1.807, 2.05) is 43.8 Å². The van der Waals surface area contributed by atoms with E-state index in [-0.39, 0.29) is 12.4 Å². The van der Waals surface area contributed by atoms with Gasteiger partial charge in [0.1, 0.15) is 11.5 Å². The molecule has 4 aromatic rings. The van der Waals surface area contributed by atoms with E-state index in [0.29, 0.717) is 41.1 Å². The molecule has 1 N–H and O–H groups in total. The lowest BCUT2D eigenvalue weighted by Gasteiger charge is -2.41. The van der Waals surface area contributed by atoms with Crippen LogP contribution in [-0.4, -0.2) is 100 Å². The first-order valence-electron chi connectivity index (χ1n) is 18.0. The third-order valence-corrected chi connectivity index (χ3v) is 9.95. The molecule has 3 aliphatic heterocycles. The van der Waals surface area contributed by atoms with Crippen LogP contribution in [0.1, 0.15) is 62.4 Å². The summed E-state index contributed by atoms with van der Waals surface area (Å²) in [6, 6.07) is 6.13. The minimum absolute atomic E-state index is 0.0192. The Morgan fingerprint density at radius 3 is 2.47 bits per heavy atom. The zero-order valence-electron chi connectivity index (χ0n) is 31.0. The van der Waals surface area contributed by atoms with Crippen molar-refractivity contribution in [1.29, 1.82) is 0 Å². The Hall–Kier alpha value is -4.13. The first kappa shape index (κ1) is 36.7. The van der Waals surface area contributed by atoms with Crippen molar-refractivity contribution in [3.63, 3.8) is 0 Å². The van der Waals surface area contributed by atoms with Crippen molar-refractivity contribution in [1.82, 2.24) is 24.4 Å². The minimum Gasteiger partial charge on any atom is -0.490 e. The van der Waals surface area contributed by atoms with Crippen molar-refractivity contribution in [3.8, 4) is 28.4 Å². The minimum atomic E-state index is -0.500. The summed E-state index contributed by atoms with van der Waals surface area (Å²) in [5, 5.41) is 9.33. The van der Waals surface area contributed by atoms with E-state index in [9.17, 15) is 4.79 Å². The molecule has 0 atom stereocenters. The quantitative estimate of drug-likeness (QED) is 0.256. The van der Waals surface area contributed by atoms with Crippen molar-refractivity contribution >= 4 is 22.8 Å². The second-order valence-electron chi connectivity index (χ2n) is 14.7. The van der Waals surface area contributed by atoms with Crippen LogP contribution in [0.15, 0.2) is 24.4 Å². The Bertz CT molecular complexity index is 1880. The number of pyridine rings is 1. The summed E-state index contributed by atoms with van der Waals surface area (Å²) in [4.78, 5) is 32.2. The number of hydrogen-bond donors (Lipinski definition) is 1. The molecule has 11 nitrogen and oxygen atoms in total. The number of hydrogen-bond acceptors (Lipinski definition) is 10. The normalized spacial score (nSPS) is 17.1. The summed E-state index contributed by atoms with van der Waals surface area (Å²) in [5.74, 6) is 1.03. The number of esters is 1. The van der Waals surface area contributed by atoms with Gasteiger partial charge in [0, 0.05) is 75.3 Å². The highest BCUT2D eigenvalue weighted by molar-refractivity contribution is 6.00. The molecule has 2 saturated heterocycles. The average molecular weight is 703 g/mol. The van der Waals surface area contributed by atoms with Gasteiger partial charge in [-0.3, -0.25) is 9.69 Å². The van der Waals surface area contributed by atoms with Gasteiger partial charge in [-0.25, -0.2) is 19.3 Å². The molecule has 0 radical (unpaired) electrons. The van der Waals surface area contributed by atoms with Gasteiger partial charge in [0.2, 0.25) is 0 Å². The third-order valence-electron chi connectivity index (χ3n) is 9.95. The predicted octanol–water partition coefficient (Wildman–Crippen LogP) is 5.57. The monoisotopic (exact) mass is 702 g/mol. The van der Waals surface area contributed by atoms with Gasteiger partial charge in [-0.1, -0.05) is 0 Å². The van der Waals surface area contributed by atoms with Gasteiger partial charge in [-0.15, -0.1) is 0 Å². The number of aromatic nitrogens is 4. The fourth-order valence-electron chi connectivity index (χ4n) is 7.37. The summed E-state index contributed by atoms with van der Waals surface area (Å²) >= 11 is 0. The highest BCUT2D eigenvalue weighted by atomic mass is 19.1. The van der Waals surface area contributed by atoms with Gasteiger partial charge in [-0.05, 0) is 101 Å². The molecule has 0 unspecified atom stereocenters. The molecule has 274 valence electrons. The number of ether oxygens (including phenoxy) is 3. The number of carbonyl (C=O) groups excluding carboxylic acids is 1. The lowest BCUT2D eigenvalue weighted by atomic mass is 9.87. The van der Waals surface area contributed by atoms with Gasteiger partial charge >= 0.3 is 5.97 Å². The van der Waals surface area contributed by atoms with E-state index < -0.39 is 11.4 Å². The maximum Gasteiger partial charge on any atom is 0.310 e. The molecule has 7 rings (SSSR count). The summed E-state index contributed by atoms with van der Waals surface area (Å²) in [6.45, 7) is 15.1. The summed E-state index contributed by atoms with van der Waals surface area (Å²) in [5.41, 5.74) is 5.73. The van der Waals surface area contributed by atoms with Crippen molar-refractivity contribution in [3.05, 3.63) is 52.6 Å². The Balaban J connectivity index is 0.000000839. The van der Waals surface area contributed by atoms with Crippen LogP contribution in [-0.2, 0) is 34.2 Å². The van der Waals surface area contributed by atoms with Crippen molar-refractivity contribution in [2.45, 2.75) is 78.4 Å². The Kier molecular flexibility index (Phi) is 10.9. The van der Waals surface area contributed by atoms with E-state index in [2.05, 4.69) is 14.8 Å². The smallest absolute Gasteiger partial charge is 0.310 e. The zero-order valence-corrected chi connectivity index (χ0v) is 31.0. The predicted molar refractivity (Wildman–Crippen MR) is 196 cm³/mol. The molecule has 1 aromatic carbocycles. The maximum absolute atomic E-state index is 15.6. The first-order chi connectivity index (χ1) is 24.3. The van der Waals surface area contributed by atoms with Gasteiger partial charge < -0.3 is 28.8 Å². The number of carbonyl (C=O) groups is 1. The summed E-state index contributed by atoms with van der Waals surface area (Å²) in [6.07, 6.45) is 5.58. The molecule has 2 fully saturated rings. The second kappa shape index (κ2) is 15.2. The van der Waals surface area contributed by atoms with Crippen LogP contribution in [0.4, 0.5) is 10.2 Å². The number of benzene rings is 1. The van der Waals surface area contributed by atoms with Crippen LogP contribution >= 0.6 is 0 Å². The second-order valence-corrected chi connectivity index (χ2v) is 14.7. The highest BCUT2D eigenvalue weighted by Crippen LogP contribution is 2.43. The van der Waals surface area contributed by atoms with Crippen LogP contribution in [0, 0.1) is 19.7 Å². The van der Waals surface area contributed by atoms with Gasteiger partial charge in [0.05, 0.1) is 31.4 Å². The number of aliphatic hydroxyl groups is 1. The fraction of sp³-hybridized carbons (Fsp3) is 0.538. The van der Waals surface area contributed by atoms with Crippen molar-refractivity contribution in [2.24, 2.45) is 7.05 Å². The Morgan fingerprint density at radius 2 is 1.78 bits per heavy atom. The van der Waals surface area contributed by atoms with E-state index >= 15 is 4.39 Å². The van der Waals surface area contributed by atoms with E-state index in [4.69, 9.17) is 29.3 Å². The number of nitrogens with zero attached hydrogens (tertiary/aromatic N) is 6. The molecule has 0 saturated carbocycles. The molecular formula is C39H51FN6O5. The van der Waals surface area contributed by atoms with Gasteiger partial charge in [0.15, 0.2) is 17.4 Å². The molecule has 3 aromatic heterocycles. The zero-order chi connectivity index (χ0) is 36.4. The lowest BCUT2D eigenvalue weighted by molar-refractivity contribution is -0.139. The number of halogens is 1. The number of rotatable bonds is 6. The molecule has 12 heteroatoms. The fourth-order valence-corrected chi connectivity index (χ4v) is 7.37. The standard InChI is InChI=1S/C35H41FN6O4.C4H10O/c1-21-24-6-5-15-46-33(24)28(36)18-25(21)32-26(20-31(43)44-4)22(2)38-35-27(32)19-29(40(35)3)34-37-10-7-30(39-34)42-13-11-41(12-14-42)23-8-16-45-17-9-23;1-4(2,3)5/h7,10,18-19,23H,5-6,8-9,11-17,20H2,1-4H3;5H,1-3H3. The number of aryl methyl sites for hydroxylation is 2. The van der Waals surface area contributed by atoms with E-state index in [1.54, 1.807) is 20.8 Å². The first-order valence-corrected chi connectivity index (χ1v) is 18.0. The third kappa shape index (κ3) is 8.03. The molecule has 51 heavy (non-hydrogen) atoms. The van der Waals surface area contributed by atoms with Crippen LogP contribution in [0.2, 0.25) is 0 Å². The molecule has 6 heterocycles. The SMILES string of the molecule is CC(C)(C)O.COC(=O)Cc1c(C)nc2c(cc(-c3nccc(N4CCN(C5CCOCC5)CC4)n3)n2C)c1-c1cc(F)c2c(c1C)CCCO2. The molecule has 0 spiro atoms. The molecule has 3 aliphatic rings. The molecule has 0 amide bonds. The van der Waals surface area contributed by atoms with Crippen LogP contribution in [0.5, 0.6) is 5.75 Å². The van der Waals surface area contributed by atoms with E-state index in [0.717, 1.165) is 104 Å². The molecule has 0 bridgehead atoms. The van der Waals surface area contributed by atoms with E-state index in [1.165, 1.54) is 13.2 Å². The number of fused-ring (bicyclic) bond motifs is 2. The highest BCUT2D eigenvalue weighted by Gasteiger charge is 2.29. The van der Waals surface area contributed by atoms with Crippen molar-refractivity contribution in [2.75, 3.05) is 58.0 Å². The topological polar surface area (TPSA) is 115 Å². The maximum atomic E-state index is 15.6.